The smallest absolute Gasteiger partial charge is 0.129 e. The van der Waals surface area contributed by atoms with E-state index in [0.717, 1.165) is 32.6 Å². The molecule has 0 saturated heterocycles. The van der Waals surface area contributed by atoms with Crippen molar-refractivity contribution in [1.82, 2.24) is 4.98 Å². The molecule has 4 nitrogen and oxygen atoms in total. The van der Waals surface area contributed by atoms with Crippen LogP contribution < -0.4 is 15.2 Å². The van der Waals surface area contributed by atoms with E-state index in [9.17, 15) is 0 Å². The molecule has 0 aliphatic carbocycles. The summed E-state index contributed by atoms with van der Waals surface area (Å²) in [4.78, 5) is 5.72. The minimum Gasteiger partial charge on any atom is -0.497 e. The maximum Gasteiger partial charge on any atom is 0.129 e. The van der Waals surface area contributed by atoms with Crippen molar-refractivity contribution in [3.8, 4) is 22.1 Å². The summed E-state index contributed by atoms with van der Waals surface area (Å²) >= 11 is 1.60. The Kier molecular flexibility index (Phi) is 4.01. The number of nitrogens with zero attached hydrogens (tertiary/aromatic N) is 1. The monoisotopic (exact) mass is 292 g/mol. The van der Waals surface area contributed by atoms with Gasteiger partial charge in [-0.2, -0.15) is 0 Å². The average molecular weight is 292 g/mol. The molecular weight excluding hydrogens is 272 g/mol. The summed E-state index contributed by atoms with van der Waals surface area (Å²) in [5.41, 5.74) is 7.68. The molecule has 1 aromatic heterocycles. The zero-order valence-electron chi connectivity index (χ0n) is 12.5. The van der Waals surface area contributed by atoms with Crippen LogP contribution in [0, 0.1) is 6.92 Å². The predicted molar refractivity (Wildman–Crippen MR) is 82.6 cm³/mol. The fourth-order valence-corrected chi connectivity index (χ4v) is 3.19. The van der Waals surface area contributed by atoms with E-state index >= 15 is 0 Å². The van der Waals surface area contributed by atoms with E-state index < -0.39 is 5.54 Å². The van der Waals surface area contributed by atoms with Crippen LogP contribution in [0.2, 0.25) is 0 Å². The lowest BCUT2D eigenvalue weighted by atomic mass is 10.0. The molecule has 20 heavy (non-hydrogen) atoms. The van der Waals surface area contributed by atoms with Crippen LogP contribution in [0.3, 0.4) is 0 Å². The van der Waals surface area contributed by atoms with Gasteiger partial charge in [-0.25, -0.2) is 4.98 Å². The molecule has 0 aliphatic heterocycles. The summed E-state index contributed by atoms with van der Waals surface area (Å²) in [5.74, 6) is 1.56. The lowest BCUT2D eigenvalue weighted by Crippen LogP contribution is -2.28. The van der Waals surface area contributed by atoms with Gasteiger partial charge in [0.15, 0.2) is 0 Å². The number of thiazole rings is 1. The highest BCUT2D eigenvalue weighted by atomic mass is 32.1. The van der Waals surface area contributed by atoms with Crippen molar-refractivity contribution in [2.75, 3.05) is 14.2 Å². The quantitative estimate of drug-likeness (QED) is 0.939. The number of hydrogen-bond acceptors (Lipinski definition) is 5. The van der Waals surface area contributed by atoms with Crippen LogP contribution in [0.5, 0.6) is 11.5 Å². The Balaban J connectivity index is 2.56. The third kappa shape index (κ3) is 2.78. The van der Waals surface area contributed by atoms with E-state index in [2.05, 4.69) is 4.98 Å². The van der Waals surface area contributed by atoms with Crippen LogP contribution in [0.25, 0.3) is 10.6 Å². The SMILES string of the molecule is COc1ccc(OC)c(-c2nc(C)c(C(C)(C)N)s2)c1. The molecule has 0 fully saturated rings. The van der Waals surface area contributed by atoms with E-state index in [4.69, 9.17) is 15.2 Å². The Morgan fingerprint density at radius 2 is 1.90 bits per heavy atom. The summed E-state index contributed by atoms with van der Waals surface area (Å²) in [6.45, 7) is 5.96. The lowest BCUT2D eigenvalue weighted by molar-refractivity contribution is 0.404. The van der Waals surface area contributed by atoms with Gasteiger partial charge in [-0.3, -0.25) is 0 Å². The highest BCUT2D eigenvalue weighted by Gasteiger charge is 2.23. The minimum atomic E-state index is -0.397. The molecule has 108 valence electrons. The van der Waals surface area contributed by atoms with Gasteiger partial charge in [0.1, 0.15) is 16.5 Å². The first-order chi connectivity index (χ1) is 9.36. The zero-order chi connectivity index (χ0) is 14.9. The minimum absolute atomic E-state index is 0.397. The van der Waals surface area contributed by atoms with Gasteiger partial charge in [-0.1, -0.05) is 0 Å². The highest BCUT2D eigenvalue weighted by Crippen LogP contribution is 2.39. The number of hydrogen-bond donors (Lipinski definition) is 1. The van der Waals surface area contributed by atoms with E-state index in [-0.39, 0.29) is 0 Å². The molecular formula is C15H20N2O2S. The number of benzene rings is 1. The predicted octanol–water partition coefficient (Wildman–Crippen LogP) is 3.33. The Morgan fingerprint density at radius 1 is 1.20 bits per heavy atom. The standard InChI is InChI=1S/C15H20N2O2S/c1-9-13(15(2,3)16)20-14(17-9)11-8-10(18-4)6-7-12(11)19-5/h6-8H,16H2,1-5H3. The van der Waals surface area contributed by atoms with Crippen LogP contribution in [0.4, 0.5) is 0 Å². The van der Waals surface area contributed by atoms with Crippen molar-refractivity contribution in [3.63, 3.8) is 0 Å². The number of aromatic nitrogens is 1. The molecule has 2 rings (SSSR count). The maximum atomic E-state index is 6.19. The van der Waals surface area contributed by atoms with Crippen molar-refractivity contribution < 1.29 is 9.47 Å². The van der Waals surface area contributed by atoms with Crippen LogP contribution in [-0.4, -0.2) is 19.2 Å². The molecule has 2 aromatic rings. The second kappa shape index (κ2) is 5.42. The largest absolute Gasteiger partial charge is 0.497 e. The molecule has 5 heteroatoms. The second-order valence-corrected chi connectivity index (χ2v) is 6.22. The van der Waals surface area contributed by atoms with Gasteiger partial charge in [-0.15, -0.1) is 11.3 Å². The normalized spacial score (nSPS) is 11.5. The molecule has 1 heterocycles. The van der Waals surface area contributed by atoms with Crippen molar-refractivity contribution in [1.29, 1.82) is 0 Å². The third-order valence-electron chi connectivity index (χ3n) is 3.02. The third-order valence-corrected chi connectivity index (χ3v) is 4.55. The van der Waals surface area contributed by atoms with Crippen molar-refractivity contribution in [3.05, 3.63) is 28.8 Å². The molecule has 0 atom stereocenters. The molecule has 0 aliphatic rings. The number of aryl methyl sites for hydroxylation is 1. The second-order valence-electron chi connectivity index (χ2n) is 5.22. The molecule has 1 aromatic carbocycles. The summed E-state index contributed by atoms with van der Waals surface area (Å²) in [5, 5.41) is 0.895. The highest BCUT2D eigenvalue weighted by molar-refractivity contribution is 7.15. The van der Waals surface area contributed by atoms with E-state index in [1.165, 1.54) is 0 Å². The number of nitrogens with two attached hydrogens (primary N) is 1. The lowest BCUT2D eigenvalue weighted by Gasteiger charge is -2.16. The van der Waals surface area contributed by atoms with Crippen molar-refractivity contribution >= 4 is 11.3 Å². The fraction of sp³-hybridized carbons (Fsp3) is 0.400. The van der Waals surface area contributed by atoms with Crippen molar-refractivity contribution in [2.24, 2.45) is 5.73 Å². The average Bonchev–Trinajstić information content (AvgIpc) is 2.80. The summed E-state index contributed by atoms with van der Waals surface area (Å²) in [6, 6.07) is 5.69. The van der Waals surface area contributed by atoms with Gasteiger partial charge in [0.05, 0.1) is 25.5 Å². The van der Waals surface area contributed by atoms with Crippen LogP contribution in [-0.2, 0) is 5.54 Å². The van der Waals surface area contributed by atoms with Gasteiger partial charge in [0.2, 0.25) is 0 Å². The molecule has 0 spiro atoms. The van der Waals surface area contributed by atoms with Crippen LogP contribution in [0.1, 0.15) is 24.4 Å². The first-order valence-electron chi connectivity index (χ1n) is 6.36. The first-order valence-corrected chi connectivity index (χ1v) is 7.17. The van der Waals surface area contributed by atoms with Crippen molar-refractivity contribution in [2.45, 2.75) is 26.3 Å². The topological polar surface area (TPSA) is 57.4 Å². The Bertz CT molecular complexity index is 615. The molecule has 0 amide bonds. The summed E-state index contributed by atoms with van der Waals surface area (Å²) < 4.78 is 10.7. The summed E-state index contributed by atoms with van der Waals surface area (Å²) in [7, 11) is 3.30. The van der Waals surface area contributed by atoms with Crippen LogP contribution in [0.15, 0.2) is 18.2 Å². The van der Waals surface area contributed by atoms with Crippen LogP contribution >= 0.6 is 11.3 Å². The van der Waals surface area contributed by atoms with Gasteiger partial charge in [0, 0.05) is 10.4 Å². The fourth-order valence-electron chi connectivity index (χ4n) is 2.09. The first kappa shape index (κ1) is 14.8. The molecule has 0 saturated carbocycles. The Morgan fingerprint density at radius 3 is 2.40 bits per heavy atom. The Labute approximate surface area is 123 Å². The van der Waals surface area contributed by atoms with Gasteiger partial charge in [-0.05, 0) is 39.0 Å². The molecule has 0 bridgehead atoms. The van der Waals surface area contributed by atoms with Gasteiger partial charge in [0.25, 0.3) is 0 Å². The number of ether oxygens (including phenoxy) is 2. The maximum absolute atomic E-state index is 6.19. The van der Waals surface area contributed by atoms with E-state index in [1.54, 1.807) is 25.6 Å². The van der Waals surface area contributed by atoms with E-state index in [0.29, 0.717) is 0 Å². The van der Waals surface area contributed by atoms with E-state index in [1.807, 2.05) is 39.0 Å². The zero-order valence-corrected chi connectivity index (χ0v) is 13.3. The molecule has 0 radical (unpaired) electrons. The van der Waals surface area contributed by atoms with Gasteiger partial charge >= 0.3 is 0 Å². The van der Waals surface area contributed by atoms with Gasteiger partial charge < -0.3 is 15.2 Å². The summed E-state index contributed by atoms with van der Waals surface area (Å²) in [6.07, 6.45) is 0. The number of methoxy groups -OCH3 is 2. The molecule has 0 unspecified atom stereocenters. The Hall–Kier alpha value is -1.59. The molecule has 2 N–H and O–H groups in total. The number of rotatable bonds is 4.